The molecule has 0 spiro atoms. The third-order valence-corrected chi connectivity index (χ3v) is 3.09. The van der Waals surface area contributed by atoms with Crippen LogP contribution in [0.3, 0.4) is 0 Å². The first-order valence-corrected chi connectivity index (χ1v) is 5.42. The molecule has 1 aromatic heterocycles. The molecule has 2 N–H and O–H groups in total. The molecule has 1 heterocycles. The second kappa shape index (κ2) is 3.30. The van der Waals surface area contributed by atoms with Gasteiger partial charge in [-0.25, -0.2) is 0 Å². The monoisotopic (exact) mass is 215 g/mol. The van der Waals surface area contributed by atoms with Gasteiger partial charge in [0.15, 0.2) is 0 Å². The lowest BCUT2D eigenvalue weighted by molar-refractivity contribution is 0.474. The molecule has 1 aromatic carbocycles. The average Bonchev–Trinajstić information content (AvgIpc) is 2.68. The van der Waals surface area contributed by atoms with Crippen LogP contribution in [0.5, 0.6) is 0 Å². The van der Waals surface area contributed by atoms with Crippen molar-refractivity contribution in [1.29, 1.82) is 0 Å². The van der Waals surface area contributed by atoms with Crippen molar-refractivity contribution in [3.05, 3.63) is 41.3 Å². The van der Waals surface area contributed by atoms with Crippen molar-refractivity contribution in [3.63, 3.8) is 0 Å². The smallest absolute Gasteiger partial charge is 0.145 e. The van der Waals surface area contributed by atoms with Gasteiger partial charge in [0, 0.05) is 18.9 Å². The normalized spacial score (nSPS) is 15.3. The number of furan rings is 1. The molecule has 0 fully saturated rings. The van der Waals surface area contributed by atoms with Crippen molar-refractivity contribution in [2.24, 2.45) is 0 Å². The zero-order valence-corrected chi connectivity index (χ0v) is 9.08. The van der Waals surface area contributed by atoms with E-state index in [1.165, 1.54) is 0 Å². The summed E-state index contributed by atoms with van der Waals surface area (Å²) >= 11 is 0. The number of benzene rings is 1. The van der Waals surface area contributed by atoms with E-state index in [1.807, 2.05) is 31.3 Å². The van der Waals surface area contributed by atoms with Gasteiger partial charge >= 0.3 is 0 Å². The Kier molecular flexibility index (Phi) is 1.93. The molecule has 1 aliphatic carbocycles. The van der Waals surface area contributed by atoms with E-state index < -0.39 is 0 Å². The molecule has 0 unspecified atom stereocenters. The largest absolute Gasteiger partial charge is 0.505 e. The molecule has 1 aliphatic rings. The van der Waals surface area contributed by atoms with Gasteiger partial charge in [-0.15, -0.1) is 0 Å². The molecule has 0 amide bonds. The van der Waals surface area contributed by atoms with E-state index in [0.29, 0.717) is 5.76 Å². The Morgan fingerprint density at radius 1 is 1.25 bits per heavy atom. The minimum atomic E-state index is 0.328. The highest BCUT2D eigenvalue weighted by Gasteiger charge is 2.24. The fourth-order valence-electron chi connectivity index (χ4n) is 2.28. The number of fused-ring (bicyclic) bond motifs is 3. The highest BCUT2D eigenvalue weighted by atomic mass is 16.3. The summed E-state index contributed by atoms with van der Waals surface area (Å²) in [6, 6.07) is 7.81. The van der Waals surface area contributed by atoms with Crippen LogP contribution in [-0.4, -0.2) is 12.2 Å². The van der Waals surface area contributed by atoms with Crippen molar-refractivity contribution in [2.45, 2.75) is 12.8 Å². The third kappa shape index (κ3) is 1.14. The number of nitrogens with one attached hydrogen (secondary N) is 1. The number of rotatable bonds is 1. The van der Waals surface area contributed by atoms with Gasteiger partial charge in [-0.1, -0.05) is 18.2 Å². The maximum Gasteiger partial charge on any atom is 0.145 e. The SMILES string of the molecule is CNC1=C(O)c2c(oc3ccccc23)CC1. The third-order valence-electron chi connectivity index (χ3n) is 3.09. The molecular formula is C13H13NO2. The number of aryl methyl sites for hydroxylation is 1. The van der Waals surface area contributed by atoms with Crippen molar-refractivity contribution in [3.8, 4) is 0 Å². The van der Waals surface area contributed by atoms with Gasteiger partial charge < -0.3 is 14.8 Å². The standard InChI is InChI=1S/C13H13NO2/c1-14-9-6-7-11-12(13(9)15)8-4-2-3-5-10(8)16-11/h2-5,14-15H,6-7H2,1H3. The van der Waals surface area contributed by atoms with Crippen LogP contribution in [0.1, 0.15) is 17.7 Å². The summed E-state index contributed by atoms with van der Waals surface area (Å²) in [4.78, 5) is 0. The van der Waals surface area contributed by atoms with Crippen molar-refractivity contribution in [2.75, 3.05) is 7.05 Å². The van der Waals surface area contributed by atoms with Crippen LogP contribution in [0, 0.1) is 0 Å². The molecule has 16 heavy (non-hydrogen) atoms. The first-order valence-electron chi connectivity index (χ1n) is 5.42. The summed E-state index contributed by atoms with van der Waals surface area (Å²) in [5.41, 5.74) is 2.58. The van der Waals surface area contributed by atoms with Crippen LogP contribution in [0.15, 0.2) is 34.4 Å². The molecule has 3 rings (SSSR count). The molecule has 2 aromatic rings. The fraction of sp³-hybridized carbons (Fsp3) is 0.231. The first-order chi connectivity index (χ1) is 7.81. The minimum Gasteiger partial charge on any atom is -0.505 e. The summed E-state index contributed by atoms with van der Waals surface area (Å²) < 4.78 is 5.73. The topological polar surface area (TPSA) is 45.4 Å². The number of aliphatic hydroxyl groups excluding tert-OH is 1. The van der Waals surface area contributed by atoms with Crippen LogP contribution < -0.4 is 5.32 Å². The lowest BCUT2D eigenvalue weighted by Crippen LogP contribution is -2.13. The van der Waals surface area contributed by atoms with Gasteiger partial charge in [-0.3, -0.25) is 0 Å². The van der Waals surface area contributed by atoms with Gasteiger partial charge in [-0.2, -0.15) is 0 Å². The Balaban J connectivity index is 2.33. The van der Waals surface area contributed by atoms with Gasteiger partial charge in [0.25, 0.3) is 0 Å². The zero-order chi connectivity index (χ0) is 11.1. The Morgan fingerprint density at radius 2 is 2.06 bits per heavy atom. The zero-order valence-electron chi connectivity index (χ0n) is 9.08. The predicted molar refractivity (Wildman–Crippen MR) is 63.1 cm³/mol. The molecule has 0 bridgehead atoms. The molecule has 3 heteroatoms. The Bertz CT molecular complexity index is 581. The molecule has 0 saturated carbocycles. The van der Waals surface area contributed by atoms with E-state index in [9.17, 15) is 5.11 Å². The van der Waals surface area contributed by atoms with Gasteiger partial charge in [0.2, 0.25) is 0 Å². The van der Waals surface area contributed by atoms with E-state index in [2.05, 4.69) is 5.32 Å². The van der Waals surface area contributed by atoms with Crippen LogP contribution in [0.4, 0.5) is 0 Å². The number of para-hydroxylation sites is 1. The highest BCUT2D eigenvalue weighted by Crippen LogP contribution is 2.36. The van der Waals surface area contributed by atoms with Crippen molar-refractivity contribution < 1.29 is 9.52 Å². The summed E-state index contributed by atoms with van der Waals surface area (Å²) in [7, 11) is 1.83. The molecule has 0 radical (unpaired) electrons. The lowest BCUT2D eigenvalue weighted by atomic mass is 9.98. The number of hydrogen-bond donors (Lipinski definition) is 2. The van der Waals surface area contributed by atoms with Gasteiger partial charge in [0.1, 0.15) is 17.1 Å². The van der Waals surface area contributed by atoms with Crippen LogP contribution >= 0.6 is 0 Å². The first kappa shape index (κ1) is 9.33. The van der Waals surface area contributed by atoms with Gasteiger partial charge in [-0.05, 0) is 12.5 Å². The average molecular weight is 215 g/mol. The second-order valence-corrected chi connectivity index (χ2v) is 3.97. The summed E-state index contributed by atoms with van der Waals surface area (Å²) in [6.07, 6.45) is 1.64. The maximum atomic E-state index is 10.2. The van der Waals surface area contributed by atoms with Crippen LogP contribution in [0.25, 0.3) is 16.7 Å². The van der Waals surface area contributed by atoms with Crippen molar-refractivity contribution >= 4 is 16.7 Å². The van der Waals surface area contributed by atoms with E-state index in [4.69, 9.17) is 4.42 Å². The van der Waals surface area contributed by atoms with Crippen LogP contribution in [0.2, 0.25) is 0 Å². The molecule has 82 valence electrons. The molecule has 0 aliphatic heterocycles. The summed E-state index contributed by atoms with van der Waals surface area (Å²) in [5, 5.41) is 14.2. The summed E-state index contributed by atoms with van der Waals surface area (Å²) in [6.45, 7) is 0. The maximum absolute atomic E-state index is 10.2. The van der Waals surface area contributed by atoms with E-state index in [1.54, 1.807) is 0 Å². The molecule has 0 atom stereocenters. The Hall–Kier alpha value is -1.90. The molecule has 3 nitrogen and oxygen atoms in total. The number of allylic oxidation sites excluding steroid dienone is 1. The summed E-state index contributed by atoms with van der Waals surface area (Å²) in [5.74, 6) is 1.21. The van der Waals surface area contributed by atoms with Crippen molar-refractivity contribution in [1.82, 2.24) is 5.32 Å². The Labute approximate surface area is 93.4 Å². The second-order valence-electron chi connectivity index (χ2n) is 3.97. The minimum absolute atomic E-state index is 0.328. The fourth-order valence-corrected chi connectivity index (χ4v) is 2.28. The van der Waals surface area contributed by atoms with Crippen LogP contribution in [-0.2, 0) is 6.42 Å². The van der Waals surface area contributed by atoms with E-state index in [-0.39, 0.29) is 0 Å². The lowest BCUT2D eigenvalue weighted by Gasteiger charge is -2.15. The molecular weight excluding hydrogens is 202 g/mol. The van der Waals surface area contributed by atoms with Gasteiger partial charge in [0.05, 0.1) is 11.3 Å². The Morgan fingerprint density at radius 3 is 2.88 bits per heavy atom. The number of aliphatic hydroxyl groups is 1. The quantitative estimate of drug-likeness (QED) is 0.768. The van der Waals surface area contributed by atoms with E-state index in [0.717, 1.165) is 40.8 Å². The predicted octanol–water partition coefficient (Wildman–Crippen LogP) is 2.83. The highest BCUT2D eigenvalue weighted by molar-refractivity contribution is 5.91. The van der Waals surface area contributed by atoms with E-state index >= 15 is 0 Å². The number of hydrogen-bond acceptors (Lipinski definition) is 3. The molecule has 0 saturated heterocycles.